The summed E-state index contributed by atoms with van der Waals surface area (Å²) in [4.78, 5) is 0. The van der Waals surface area contributed by atoms with Gasteiger partial charge in [-0.05, 0) is 81.5 Å². The maximum Gasteiger partial charge on any atom is -0.0233 e. The highest BCUT2D eigenvalue weighted by molar-refractivity contribution is 4.93. The van der Waals surface area contributed by atoms with E-state index in [4.69, 9.17) is 0 Å². The fourth-order valence-corrected chi connectivity index (χ4v) is 4.69. The fourth-order valence-electron chi connectivity index (χ4n) is 4.69. The summed E-state index contributed by atoms with van der Waals surface area (Å²) in [5.41, 5.74) is 0. The minimum absolute atomic E-state index is 0.883. The molecule has 0 aromatic carbocycles. The van der Waals surface area contributed by atoms with Crippen molar-refractivity contribution in [3.63, 3.8) is 0 Å². The van der Waals surface area contributed by atoms with Crippen molar-refractivity contribution in [2.45, 2.75) is 97.3 Å². The predicted octanol–water partition coefficient (Wildman–Crippen LogP) is 7.70. The van der Waals surface area contributed by atoms with Crippen LogP contribution in [0.5, 0.6) is 0 Å². The Labute approximate surface area is 145 Å². The van der Waals surface area contributed by atoms with Gasteiger partial charge >= 0.3 is 0 Å². The first-order valence-corrected chi connectivity index (χ1v) is 10.6. The zero-order valence-electron chi connectivity index (χ0n) is 15.8. The minimum atomic E-state index is 0.883. The lowest BCUT2D eigenvalue weighted by Crippen LogP contribution is -2.14. The maximum atomic E-state index is 2.52. The zero-order chi connectivity index (χ0) is 16.3. The average Bonchev–Trinajstić information content (AvgIpc) is 2.59. The second-order valence-electron chi connectivity index (χ2n) is 8.24. The van der Waals surface area contributed by atoms with Crippen molar-refractivity contribution >= 4 is 0 Å². The van der Waals surface area contributed by atoms with Gasteiger partial charge in [0.1, 0.15) is 0 Å². The van der Waals surface area contributed by atoms with E-state index >= 15 is 0 Å². The molecule has 0 heterocycles. The molecule has 0 N–H and O–H groups in total. The molecule has 0 saturated heterocycles. The zero-order valence-corrected chi connectivity index (χ0v) is 15.8. The van der Waals surface area contributed by atoms with Gasteiger partial charge in [-0.15, -0.1) is 0 Å². The normalized spacial score (nSPS) is 32.8. The molecule has 0 unspecified atom stereocenters. The number of allylic oxidation sites excluding steroid dienone is 4. The first kappa shape index (κ1) is 18.8. The average molecular weight is 317 g/mol. The Kier molecular flexibility index (Phi) is 9.09. The molecule has 23 heavy (non-hydrogen) atoms. The van der Waals surface area contributed by atoms with Crippen LogP contribution in [0.2, 0.25) is 0 Å². The summed E-state index contributed by atoms with van der Waals surface area (Å²) in [6, 6.07) is 0. The monoisotopic (exact) mass is 316 g/mol. The van der Waals surface area contributed by atoms with Crippen LogP contribution in [0.4, 0.5) is 0 Å². The Morgan fingerprint density at radius 1 is 0.652 bits per heavy atom. The third-order valence-corrected chi connectivity index (χ3v) is 6.30. The SMILES string of the molecule is CC/C=C/C1CCC(C/C=C\CC2CCC(CCC)CC2)CC1. The van der Waals surface area contributed by atoms with Crippen molar-refractivity contribution in [2.24, 2.45) is 23.7 Å². The highest BCUT2D eigenvalue weighted by atomic mass is 14.3. The second-order valence-corrected chi connectivity index (χ2v) is 8.24. The number of rotatable bonds is 8. The smallest absolute Gasteiger partial charge is 0.0233 e. The van der Waals surface area contributed by atoms with Crippen LogP contribution in [-0.4, -0.2) is 0 Å². The van der Waals surface area contributed by atoms with Gasteiger partial charge in [0.25, 0.3) is 0 Å². The van der Waals surface area contributed by atoms with E-state index in [0.29, 0.717) is 0 Å². The van der Waals surface area contributed by atoms with Gasteiger partial charge < -0.3 is 0 Å². The molecule has 2 aliphatic carbocycles. The van der Waals surface area contributed by atoms with Gasteiger partial charge in [-0.2, -0.15) is 0 Å². The summed E-state index contributed by atoms with van der Waals surface area (Å²) >= 11 is 0. The quantitative estimate of drug-likeness (QED) is 0.402. The molecule has 2 fully saturated rings. The number of hydrogen-bond acceptors (Lipinski definition) is 0. The van der Waals surface area contributed by atoms with Crippen LogP contribution in [0.25, 0.3) is 0 Å². The first-order valence-electron chi connectivity index (χ1n) is 10.6. The molecule has 0 spiro atoms. The molecule has 2 saturated carbocycles. The third-order valence-electron chi connectivity index (χ3n) is 6.30. The summed E-state index contributed by atoms with van der Waals surface area (Å²) in [6.07, 6.45) is 28.4. The molecule has 0 amide bonds. The van der Waals surface area contributed by atoms with Crippen molar-refractivity contribution in [2.75, 3.05) is 0 Å². The van der Waals surface area contributed by atoms with Crippen LogP contribution in [0.3, 0.4) is 0 Å². The maximum absolute atomic E-state index is 2.52. The van der Waals surface area contributed by atoms with E-state index in [-0.39, 0.29) is 0 Å². The van der Waals surface area contributed by atoms with E-state index in [1.165, 1.54) is 83.5 Å². The van der Waals surface area contributed by atoms with E-state index in [1.807, 2.05) is 0 Å². The van der Waals surface area contributed by atoms with Crippen LogP contribution in [0, 0.1) is 23.7 Å². The molecule has 0 heteroatoms. The molecule has 0 aromatic heterocycles. The lowest BCUT2D eigenvalue weighted by Gasteiger charge is -2.28. The molecule has 2 rings (SSSR count). The van der Waals surface area contributed by atoms with Gasteiger partial charge in [-0.1, -0.05) is 63.8 Å². The molecule has 0 bridgehead atoms. The van der Waals surface area contributed by atoms with E-state index in [1.54, 1.807) is 0 Å². The van der Waals surface area contributed by atoms with Crippen LogP contribution in [-0.2, 0) is 0 Å². The van der Waals surface area contributed by atoms with Crippen LogP contribution in [0.1, 0.15) is 97.3 Å². The first-order chi connectivity index (χ1) is 11.3. The Hall–Kier alpha value is -0.520. The summed E-state index contributed by atoms with van der Waals surface area (Å²) in [5, 5.41) is 0. The van der Waals surface area contributed by atoms with E-state index in [9.17, 15) is 0 Å². The standard InChI is InChI=1S/C23H40/c1-3-5-9-21-16-18-23(19-17-21)11-7-6-10-22-14-12-20(8-4-2)13-15-22/h5-7,9,20-23H,3-4,8,10-19H2,1-2H3/b7-6-,9-5+. The summed E-state index contributed by atoms with van der Waals surface area (Å²) < 4.78 is 0. The van der Waals surface area contributed by atoms with E-state index < -0.39 is 0 Å². The Morgan fingerprint density at radius 2 is 1.17 bits per heavy atom. The summed E-state index contributed by atoms with van der Waals surface area (Å²) in [7, 11) is 0. The molecular weight excluding hydrogens is 276 g/mol. The Morgan fingerprint density at radius 3 is 1.70 bits per heavy atom. The molecule has 0 atom stereocenters. The third kappa shape index (κ3) is 7.27. The topological polar surface area (TPSA) is 0 Å². The van der Waals surface area contributed by atoms with Crippen LogP contribution >= 0.6 is 0 Å². The molecule has 0 aliphatic heterocycles. The Bertz CT molecular complexity index is 335. The molecule has 0 nitrogen and oxygen atoms in total. The van der Waals surface area contributed by atoms with E-state index in [0.717, 1.165) is 23.7 Å². The Balaban J connectivity index is 1.55. The van der Waals surface area contributed by atoms with Gasteiger partial charge in [0.05, 0.1) is 0 Å². The highest BCUT2D eigenvalue weighted by Gasteiger charge is 2.20. The largest absolute Gasteiger partial charge is 0.0885 e. The lowest BCUT2D eigenvalue weighted by molar-refractivity contribution is 0.263. The lowest BCUT2D eigenvalue weighted by atomic mass is 9.78. The van der Waals surface area contributed by atoms with Crippen molar-refractivity contribution in [1.82, 2.24) is 0 Å². The molecule has 0 aromatic rings. The second kappa shape index (κ2) is 11.1. The van der Waals surface area contributed by atoms with Gasteiger partial charge in [0.2, 0.25) is 0 Å². The number of hydrogen-bond donors (Lipinski definition) is 0. The van der Waals surface area contributed by atoms with Crippen molar-refractivity contribution in [1.29, 1.82) is 0 Å². The fraction of sp³-hybridized carbons (Fsp3) is 0.826. The van der Waals surface area contributed by atoms with Crippen molar-refractivity contribution in [3.8, 4) is 0 Å². The van der Waals surface area contributed by atoms with Crippen LogP contribution in [0.15, 0.2) is 24.3 Å². The van der Waals surface area contributed by atoms with Gasteiger partial charge in [-0.3, -0.25) is 0 Å². The molecule has 2 aliphatic rings. The van der Waals surface area contributed by atoms with Gasteiger partial charge in [0, 0.05) is 0 Å². The summed E-state index contributed by atoms with van der Waals surface area (Å²) in [6.45, 7) is 4.57. The minimum Gasteiger partial charge on any atom is -0.0885 e. The van der Waals surface area contributed by atoms with Crippen LogP contribution < -0.4 is 0 Å². The van der Waals surface area contributed by atoms with Crippen molar-refractivity contribution in [3.05, 3.63) is 24.3 Å². The van der Waals surface area contributed by atoms with Crippen molar-refractivity contribution < 1.29 is 0 Å². The summed E-state index contributed by atoms with van der Waals surface area (Å²) in [5.74, 6) is 3.90. The highest BCUT2D eigenvalue weighted by Crippen LogP contribution is 2.34. The van der Waals surface area contributed by atoms with E-state index in [2.05, 4.69) is 38.2 Å². The molecule has 0 radical (unpaired) electrons. The predicted molar refractivity (Wildman–Crippen MR) is 104 cm³/mol. The molecular formula is C23H40. The molecule has 132 valence electrons. The van der Waals surface area contributed by atoms with Gasteiger partial charge in [0.15, 0.2) is 0 Å². The van der Waals surface area contributed by atoms with Gasteiger partial charge in [-0.25, -0.2) is 0 Å².